The smallest absolute Gasteiger partial charge is 0.282 e. The normalized spacial score (nSPS) is 11.6. The molecule has 7 heteroatoms. The highest BCUT2D eigenvalue weighted by Gasteiger charge is 2.15. The summed E-state index contributed by atoms with van der Waals surface area (Å²) in [6.45, 7) is 7.52. The van der Waals surface area contributed by atoms with Crippen LogP contribution >= 0.6 is 23.4 Å². The zero-order chi connectivity index (χ0) is 18.0. The van der Waals surface area contributed by atoms with Gasteiger partial charge >= 0.3 is 0 Å². The Morgan fingerprint density at radius 2 is 1.96 bits per heavy atom. The lowest BCUT2D eigenvalue weighted by molar-refractivity contribution is 0.474. The van der Waals surface area contributed by atoms with Crippen molar-refractivity contribution in [3.8, 4) is 0 Å². The predicted octanol–water partition coefficient (Wildman–Crippen LogP) is 4.21. The first-order valence-corrected chi connectivity index (χ1v) is 9.69. The van der Waals surface area contributed by atoms with E-state index in [9.17, 15) is 4.79 Å². The summed E-state index contributed by atoms with van der Waals surface area (Å²) >= 11 is 7.51. The second-order valence-electron chi connectivity index (χ2n) is 6.34. The van der Waals surface area contributed by atoms with Crippen molar-refractivity contribution in [1.82, 2.24) is 19.3 Å². The maximum Gasteiger partial charge on any atom is 0.282 e. The van der Waals surface area contributed by atoms with E-state index in [0.717, 1.165) is 21.5 Å². The van der Waals surface area contributed by atoms with Crippen LogP contribution < -0.4 is 5.56 Å². The number of aromatic nitrogens is 4. The Balaban J connectivity index is 1.98. The van der Waals surface area contributed by atoms with E-state index in [2.05, 4.69) is 18.9 Å². The molecule has 0 bridgehead atoms. The van der Waals surface area contributed by atoms with Gasteiger partial charge in [0.05, 0.1) is 6.20 Å². The average Bonchev–Trinajstić information content (AvgIpc) is 3.00. The van der Waals surface area contributed by atoms with Crippen LogP contribution in [0.2, 0.25) is 5.02 Å². The van der Waals surface area contributed by atoms with Gasteiger partial charge in [0.25, 0.3) is 5.56 Å². The van der Waals surface area contributed by atoms with E-state index in [1.807, 2.05) is 37.4 Å². The highest BCUT2D eigenvalue weighted by atomic mass is 35.5. The topological polar surface area (TPSA) is 52.7 Å². The van der Waals surface area contributed by atoms with Gasteiger partial charge in [0.1, 0.15) is 5.52 Å². The summed E-state index contributed by atoms with van der Waals surface area (Å²) < 4.78 is 3.51. The number of nitrogens with zero attached hydrogens (tertiary/aromatic N) is 4. The number of rotatable bonds is 6. The summed E-state index contributed by atoms with van der Waals surface area (Å²) in [6.07, 6.45) is 1.84. The van der Waals surface area contributed by atoms with Gasteiger partial charge in [-0.25, -0.2) is 4.98 Å². The first-order chi connectivity index (χ1) is 12.0. The Morgan fingerprint density at radius 3 is 2.60 bits per heavy atom. The van der Waals surface area contributed by atoms with Crippen molar-refractivity contribution in [3.05, 3.63) is 51.4 Å². The van der Waals surface area contributed by atoms with Gasteiger partial charge in [-0.05, 0) is 30.5 Å². The summed E-state index contributed by atoms with van der Waals surface area (Å²) in [7, 11) is 0. The molecule has 0 atom stereocenters. The highest BCUT2D eigenvalue weighted by molar-refractivity contribution is 7.98. The zero-order valence-electron chi connectivity index (χ0n) is 14.6. The van der Waals surface area contributed by atoms with Crippen molar-refractivity contribution in [2.45, 2.75) is 44.8 Å². The van der Waals surface area contributed by atoms with Crippen LogP contribution in [-0.2, 0) is 18.8 Å². The van der Waals surface area contributed by atoms with Crippen LogP contribution in [0.25, 0.3) is 11.0 Å². The Bertz CT molecular complexity index is 931. The van der Waals surface area contributed by atoms with E-state index in [-0.39, 0.29) is 5.56 Å². The third-order valence-electron chi connectivity index (χ3n) is 3.79. The number of benzene rings is 1. The van der Waals surface area contributed by atoms with Gasteiger partial charge in [0, 0.05) is 23.9 Å². The van der Waals surface area contributed by atoms with Gasteiger partial charge in [0.15, 0.2) is 10.7 Å². The van der Waals surface area contributed by atoms with Crippen molar-refractivity contribution in [3.63, 3.8) is 0 Å². The minimum Gasteiger partial charge on any atom is -0.285 e. The first-order valence-electron chi connectivity index (χ1n) is 8.33. The molecule has 0 aliphatic heterocycles. The molecule has 3 rings (SSSR count). The van der Waals surface area contributed by atoms with Gasteiger partial charge < -0.3 is 0 Å². The maximum atomic E-state index is 12.9. The molecular weight excluding hydrogens is 356 g/mol. The van der Waals surface area contributed by atoms with Crippen LogP contribution in [0.3, 0.4) is 0 Å². The highest BCUT2D eigenvalue weighted by Crippen LogP contribution is 2.23. The van der Waals surface area contributed by atoms with Crippen molar-refractivity contribution in [2.75, 3.05) is 0 Å². The minimum atomic E-state index is -0.0653. The first kappa shape index (κ1) is 18.0. The molecule has 2 aromatic heterocycles. The molecule has 2 heterocycles. The van der Waals surface area contributed by atoms with Crippen LogP contribution in [0.1, 0.15) is 26.3 Å². The molecule has 0 unspecified atom stereocenters. The summed E-state index contributed by atoms with van der Waals surface area (Å²) in [5.41, 5.74) is 2.18. The number of fused-ring (bicyclic) bond motifs is 1. The third-order valence-corrected chi connectivity index (χ3v) is 5.09. The second kappa shape index (κ2) is 7.62. The number of thioether (sulfide) groups is 1. The largest absolute Gasteiger partial charge is 0.285 e. The van der Waals surface area contributed by atoms with E-state index < -0.39 is 0 Å². The maximum absolute atomic E-state index is 12.9. The summed E-state index contributed by atoms with van der Waals surface area (Å²) in [6, 6.07) is 7.74. The summed E-state index contributed by atoms with van der Waals surface area (Å²) in [5.74, 6) is 1.08. The third kappa shape index (κ3) is 4.07. The number of halogens is 1. The van der Waals surface area contributed by atoms with E-state index >= 15 is 0 Å². The molecule has 132 valence electrons. The van der Waals surface area contributed by atoms with E-state index in [1.165, 1.54) is 0 Å². The van der Waals surface area contributed by atoms with Gasteiger partial charge in [0.2, 0.25) is 0 Å². The van der Waals surface area contributed by atoms with Crippen molar-refractivity contribution < 1.29 is 0 Å². The SMILES string of the molecule is CCn1cc2nc(SCc3ccc(Cl)cc3)n(CC(C)C)c(=O)c2n1. The minimum absolute atomic E-state index is 0.0653. The molecule has 0 amide bonds. The molecule has 3 aromatic rings. The van der Waals surface area contributed by atoms with Crippen molar-refractivity contribution in [1.29, 1.82) is 0 Å². The molecule has 0 fully saturated rings. The van der Waals surface area contributed by atoms with E-state index in [4.69, 9.17) is 16.6 Å². The quantitative estimate of drug-likeness (QED) is 0.477. The number of hydrogen-bond acceptors (Lipinski definition) is 4. The van der Waals surface area contributed by atoms with Crippen molar-refractivity contribution in [2.24, 2.45) is 5.92 Å². The second-order valence-corrected chi connectivity index (χ2v) is 7.72. The molecular formula is C18H21ClN4OS. The fraction of sp³-hybridized carbons (Fsp3) is 0.389. The van der Waals surface area contributed by atoms with Gasteiger partial charge in [-0.15, -0.1) is 0 Å². The van der Waals surface area contributed by atoms with Crippen LogP contribution in [0.15, 0.2) is 40.4 Å². The molecule has 0 N–H and O–H groups in total. The molecule has 1 aromatic carbocycles. The summed E-state index contributed by atoms with van der Waals surface area (Å²) in [5, 5.41) is 5.82. The monoisotopic (exact) mass is 376 g/mol. The predicted molar refractivity (Wildman–Crippen MR) is 103 cm³/mol. The molecule has 0 saturated carbocycles. The van der Waals surface area contributed by atoms with Crippen LogP contribution in [0.4, 0.5) is 0 Å². The van der Waals surface area contributed by atoms with Crippen LogP contribution in [0.5, 0.6) is 0 Å². The Labute approximate surface area is 156 Å². The van der Waals surface area contributed by atoms with Crippen LogP contribution in [0, 0.1) is 5.92 Å². The lowest BCUT2D eigenvalue weighted by Crippen LogP contribution is -2.25. The van der Waals surface area contributed by atoms with Gasteiger partial charge in [-0.2, -0.15) is 5.10 Å². The average molecular weight is 377 g/mol. The van der Waals surface area contributed by atoms with E-state index in [0.29, 0.717) is 30.0 Å². The van der Waals surface area contributed by atoms with E-state index in [1.54, 1.807) is 21.0 Å². The molecule has 0 aliphatic rings. The fourth-order valence-electron chi connectivity index (χ4n) is 2.55. The Kier molecular flexibility index (Phi) is 5.49. The molecule has 5 nitrogen and oxygen atoms in total. The zero-order valence-corrected chi connectivity index (χ0v) is 16.1. The molecule has 0 spiro atoms. The molecule has 25 heavy (non-hydrogen) atoms. The fourth-order valence-corrected chi connectivity index (χ4v) is 3.64. The standard InChI is InChI=1S/C18H21ClN4OS/c1-4-22-10-15-16(21-22)17(24)23(9-12(2)3)18(20-15)25-11-13-5-7-14(19)8-6-13/h5-8,10,12H,4,9,11H2,1-3H3. The van der Waals surface area contributed by atoms with Gasteiger partial charge in [-0.3, -0.25) is 14.0 Å². The lowest BCUT2D eigenvalue weighted by Gasteiger charge is -2.13. The molecule has 0 aliphatic carbocycles. The molecule has 0 saturated heterocycles. The Hall–Kier alpha value is -1.79. The summed E-state index contributed by atoms with van der Waals surface area (Å²) in [4.78, 5) is 17.6. The van der Waals surface area contributed by atoms with Crippen molar-refractivity contribution >= 4 is 34.4 Å². The lowest BCUT2D eigenvalue weighted by atomic mass is 10.2. The molecule has 0 radical (unpaired) electrons. The Morgan fingerprint density at radius 1 is 1.24 bits per heavy atom. The number of hydrogen-bond donors (Lipinski definition) is 0. The van der Waals surface area contributed by atoms with Crippen LogP contribution in [-0.4, -0.2) is 19.3 Å². The number of aryl methyl sites for hydroxylation is 1. The van der Waals surface area contributed by atoms with Gasteiger partial charge in [-0.1, -0.05) is 49.3 Å².